The minimum absolute atomic E-state index is 0.109. The first-order chi connectivity index (χ1) is 16.7. The molecule has 9 heteroatoms. The van der Waals surface area contributed by atoms with Gasteiger partial charge in [-0.1, -0.05) is 24.3 Å². The average Bonchev–Trinajstić information content (AvgIpc) is 2.84. The van der Waals surface area contributed by atoms with Crippen LogP contribution in [-0.4, -0.2) is 33.9 Å². The second-order valence-corrected chi connectivity index (χ2v) is 7.87. The molecule has 35 heavy (non-hydrogen) atoms. The van der Waals surface area contributed by atoms with Crippen LogP contribution in [0.1, 0.15) is 27.6 Å². The highest BCUT2D eigenvalue weighted by Gasteiger charge is 2.18. The highest BCUT2D eigenvalue weighted by Crippen LogP contribution is 2.21. The Hall–Kier alpha value is -4.79. The van der Waals surface area contributed by atoms with Crippen LogP contribution in [0.2, 0.25) is 0 Å². The number of carboxylic acids is 1. The third-order valence-corrected chi connectivity index (χ3v) is 5.42. The molecule has 4 rings (SSSR count). The van der Waals surface area contributed by atoms with E-state index in [2.05, 4.69) is 15.6 Å². The van der Waals surface area contributed by atoms with Crippen LogP contribution >= 0.6 is 0 Å². The van der Waals surface area contributed by atoms with Gasteiger partial charge < -0.3 is 20.7 Å². The lowest BCUT2D eigenvalue weighted by molar-refractivity contribution is -0.117. The summed E-state index contributed by atoms with van der Waals surface area (Å²) in [5, 5.41) is 14.5. The number of aromatic nitrogens is 1. The first-order valence-electron chi connectivity index (χ1n) is 10.6. The number of carbonyl (C=O) groups is 3. The normalized spacial score (nSPS) is 11.6. The van der Waals surface area contributed by atoms with Gasteiger partial charge in [-0.15, -0.1) is 0 Å². The third kappa shape index (κ3) is 5.09. The average molecular weight is 473 g/mol. The summed E-state index contributed by atoms with van der Waals surface area (Å²) < 4.78 is 13.4. The lowest BCUT2D eigenvalue weighted by atomic mass is 10.0. The molecule has 176 valence electrons. The van der Waals surface area contributed by atoms with Gasteiger partial charge in [0.15, 0.2) is 0 Å². The Kier molecular flexibility index (Phi) is 6.41. The predicted molar refractivity (Wildman–Crippen MR) is 129 cm³/mol. The van der Waals surface area contributed by atoms with Gasteiger partial charge in [-0.05, 0) is 60.5 Å². The van der Waals surface area contributed by atoms with Crippen molar-refractivity contribution in [2.45, 2.75) is 13.0 Å². The molecule has 1 heterocycles. The number of H-pyrrole nitrogens is 1. The Bertz CT molecular complexity index is 1510. The van der Waals surface area contributed by atoms with Crippen LogP contribution in [0, 0.1) is 5.82 Å². The molecular weight excluding hydrogens is 453 g/mol. The maximum Gasteiger partial charge on any atom is 0.341 e. The van der Waals surface area contributed by atoms with E-state index in [4.69, 9.17) is 5.11 Å². The van der Waals surface area contributed by atoms with E-state index in [-0.39, 0.29) is 16.9 Å². The number of anilines is 1. The smallest absolute Gasteiger partial charge is 0.341 e. The number of benzene rings is 3. The van der Waals surface area contributed by atoms with Gasteiger partial charge in [0.2, 0.25) is 11.3 Å². The maximum atomic E-state index is 13.4. The SMILES string of the molecule is C[C@H](NC(=O)c1ccc(-c2cccc(F)c2)cc1)C(=O)Nc1ccc2[nH]cc(C(=O)O)c(=O)c2c1. The van der Waals surface area contributed by atoms with Gasteiger partial charge in [0.05, 0.1) is 0 Å². The first-order valence-corrected chi connectivity index (χ1v) is 10.6. The Balaban J connectivity index is 1.44. The van der Waals surface area contributed by atoms with Gasteiger partial charge >= 0.3 is 5.97 Å². The zero-order valence-corrected chi connectivity index (χ0v) is 18.5. The standard InChI is InChI=1S/C26H20FN3O5/c1-14(29-25(33)16-7-5-15(6-8-16)17-3-2-4-18(27)11-17)24(32)30-19-9-10-22-20(12-19)23(31)21(13-28-22)26(34)35/h2-14H,1H3,(H,28,31)(H,29,33)(H,30,32)(H,34,35)/t14-/m0/s1. The summed E-state index contributed by atoms with van der Waals surface area (Å²) in [6.45, 7) is 1.50. The second-order valence-electron chi connectivity index (χ2n) is 7.87. The molecule has 0 spiro atoms. The van der Waals surface area contributed by atoms with Crippen molar-refractivity contribution in [3.8, 4) is 11.1 Å². The Labute approximate surface area is 198 Å². The van der Waals surface area contributed by atoms with Crippen molar-refractivity contribution in [2.75, 3.05) is 5.32 Å². The third-order valence-electron chi connectivity index (χ3n) is 5.42. The van der Waals surface area contributed by atoms with E-state index >= 15 is 0 Å². The number of hydrogen-bond donors (Lipinski definition) is 4. The lowest BCUT2D eigenvalue weighted by Gasteiger charge is -2.15. The Morgan fingerprint density at radius 2 is 1.71 bits per heavy atom. The first kappa shape index (κ1) is 23.4. The molecule has 0 fully saturated rings. The molecule has 0 aliphatic heterocycles. The number of aromatic amines is 1. The van der Waals surface area contributed by atoms with Gasteiger partial charge in [0, 0.05) is 28.4 Å². The van der Waals surface area contributed by atoms with Crippen molar-refractivity contribution < 1.29 is 23.9 Å². The van der Waals surface area contributed by atoms with E-state index in [1.807, 2.05) is 0 Å². The number of rotatable bonds is 6. The topological polar surface area (TPSA) is 128 Å². The Morgan fingerprint density at radius 1 is 0.971 bits per heavy atom. The monoisotopic (exact) mass is 473 g/mol. The van der Waals surface area contributed by atoms with Gasteiger partial charge in [-0.3, -0.25) is 14.4 Å². The molecule has 0 unspecified atom stereocenters. The van der Waals surface area contributed by atoms with Crippen LogP contribution < -0.4 is 16.1 Å². The van der Waals surface area contributed by atoms with Crippen LogP contribution in [0.3, 0.4) is 0 Å². The molecule has 0 radical (unpaired) electrons. The second kappa shape index (κ2) is 9.60. The zero-order chi connectivity index (χ0) is 25.1. The number of halogens is 1. The molecular formula is C26H20FN3O5. The fourth-order valence-corrected chi connectivity index (χ4v) is 3.53. The molecule has 0 saturated heterocycles. The molecule has 0 saturated carbocycles. The largest absolute Gasteiger partial charge is 0.477 e. The highest BCUT2D eigenvalue weighted by atomic mass is 19.1. The molecule has 0 aliphatic carbocycles. The molecule has 4 N–H and O–H groups in total. The fourth-order valence-electron chi connectivity index (χ4n) is 3.53. The van der Waals surface area contributed by atoms with Gasteiger partial charge in [-0.2, -0.15) is 0 Å². The van der Waals surface area contributed by atoms with E-state index in [0.29, 0.717) is 16.6 Å². The number of carbonyl (C=O) groups excluding carboxylic acids is 2. The summed E-state index contributed by atoms with van der Waals surface area (Å²) in [7, 11) is 0. The number of aromatic carboxylic acids is 1. The number of amides is 2. The van der Waals surface area contributed by atoms with Crippen LogP contribution in [0.25, 0.3) is 22.0 Å². The molecule has 0 bridgehead atoms. The van der Waals surface area contributed by atoms with Gasteiger partial charge in [0.25, 0.3) is 5.91 Å². The van der Waals surface area contributed by atoms with Crippen LogP contribution in [0.5, 0.6) is 0 Å². The van der Waals surface area contributed by atoms with Gasteiger partial charge in [0.1, 0.15) is 17.4 Å². The summed E-state index contributed by atoms with van der Waals surface area (Å²) in [4.78, 5) is 51.5. The number of hydrogen-bond acceptors (Lipinski definition) is 4. The number of carboxylic acid groups (broad SMARTS) is 1. The summed E-state index contributed by atoms with van der Waals surface area (Å²) >= 11 is 0. The zero-order valence-electron chi connectivity index (χ0n) is 18.5. The Morgan fingerprint density at radius 3 is 2.40 bits per heavy atom. The van der Waals surface area contributed by atoms with E-state index < -0.39 is 34.8 Å². The highest BCUT2D eigenvalue weighted by molar-refractivity contribution is 6.02. The minimum atomic E-state index is -1.36. The lowest BCUT2D eigenvalue weighted by Crippen LogP contribution is -2.41. The van der Waals surface area contributed by atoms with Crippen molar-refractivity contribution >= 4 is 34.4 Å². The van der Waals surface area contributed by atoms with Crippen LogP contribution in [0.15, 0.2) is 77.7 Å². The van der Waals surface area contributed by atoms with Crippen molar-refractivity contribution in [3.05, 3.63) is 100 Å². The summed E-state index contributed by atoms with van der Waals surface area (Å²) in [6.07, 6.45) is 1.12. The molecule has 8 nitrogen and oxygen atoms in total. The molecule has 2 amide bonds. The number of nitrogens with one attached hydrogen (secondary N) is 3. The molecule has 4 aromatic rings. The van der Waals surface area contributed by atoms with Crippen LogP contribution in [-0.2, 0) is 4.79 Å². The van der Waals surface area contributed by atoms with Crippen LogP contribution in [0.4, 0.5) is 10.1 Å². The summed E-state index contributed by atoms with van der Waals surface area (Å²) in [6, 6.07) is 16.2. The number of fused-ring (bicyclic) bond motifs is 1. The maximum absolute atomic E-state index is 13.4. The molecule has 0 aliphatic rings. The number of pyridine rings is 1. The van der Waals surface area contributed by atoms with Crippen molar-refractivity contribution in [2.24, 2.45) is 0 Å². The minimum Gasteiger partial charge on any atom is -0.477 e. The van der Waals surface area contributed by atoms with Crippen molar-refractivity contribution in [1.82, 2.24) is 10.3 Å². The van der Waals surface area contributed by atoms with Crippen molar-refractivity contribution in [3.63, 3.8) is 0 Å². The summed E-state index contributed by atoms with van der Waals surface area (Å²) in [5.74, 6) is -2.72. The predicted octanol–water partition coefficient (Wildman–Crippen LogP) is 3.79. The van der Waals surface area contributed by atoms with E-state index in [1.165, 1.54) is 25.1 Å². The van der Waals surface area contributed by atoms with Gasteiger partial charge in [-0.25, -0.2) is 9.18 Å². The van der Waals surface area contributed by atoms with E-state index in [1.54, 1.807) is 48.5 Å². The molecule has 3 aromatic carbocycles. The quantitative estimate of drug-likeness (QED) is 0.339. The molecule has 1 aromatic heterocycles. The fraction of sp³-hybridized carbons (Fsp3) is 0.0769. The van der Waals surface area contributed by atoms with E-state index in [9.17, 15) is 23.6 Å². The van der Waals surface area contributed by atoms with E-state index in [0.717, 1.165) is 11.8 Å². The summed E-state index contributed by atoms with van der Waals surface area (Å²) in [5.41, 5.74) is 1.34. The molecule has 1 atom stereocenters. The van der Waals surface area contributed by atoms with Crippen molar-refractivity contribution in [1.29, 1.82) is 0 Å².